The first-order valence-corrected chi connectivity index (χ1v) is 8.36. The fraction of sp³-hybridized carbons (Fsp3) is 0.556. The van der Waals surface area contributed by atoms with Crippen LogP contribution in [0.15, 0.2) is 29.3 Å². The highest BCUT2D eigenvalue weighted by Crippen LogP contribution is 2.14. The molecular weight excluding hydrogens is 431 g/mol. The van der Waals surface area contributed by atoms with Crippen molar-refractivity contribution in [3.05, 3.63) is 29.8 Å². The van der Waals surface area contributed by atoms with Crippen LogP contribution in [0.3, 0.4) is 0 Å². The molecule has 0 saturated heterocycles. The van der Waals surface area contributed by atoms with Crippen LogP contribution in [0.5, 0.6) is 5.75 Å². The lowest BCUT2D eigenvalue weighted by atomic mass is 9.92. The zero-order chi connectivity index (χ0) is 18.0. The van der Waals surface area contributed by atoms with Crippen LogP contribution in [-0.4, -0.2) is 38.6 Å². The van der Waals surface area contributed by atoms with Gasteiger partial charge in [0.05, 0.1) is 19.1 Å². The van der Waals surface area contributed by atoms with Crippen molar-refractivity contribution < 1.29 is 9.53 Å². The van der Waals surface area contributed by atoms with Gasteiger partial charge in [-0.2, -0.15) is 0 Å². The van der Waals surface area contributed by atoms with Crippen molar-refractivity contribution in [2.45, 2.75) is 34.2 Å². The Kier molecular flexibility index (Phi) is 11.2. The number of amides is 1. The second kappa shape index (κ2) is 11.9. The highest BCUT2D eigenvalue weighted by molar-refractivity contribution is 14.0. The van der Waals surface area contributed by atoms with E-state index in [0.717, 1.165) is 17.9 Å². The van der Waals surface area contributed by atoms with E-state index in [4.69, 9.17) is 4.74 Å². The lowest BCUT2D eigenvalue weighted by Crippen LogP contribution is -2.47. The molecule has 0 radical (unpaired) electrons. The number of hydrogen-bond acceptors (Lipinski definition) is 3. The second-order valence-electron chi connectivity index (χ2n) is 6.14. The quantitative estimate of drug-likeness (QED) is 0.316. The Morgan fingerprint density at radius 2 is 1.84 bits per heavy atom. The van der Waals surface area contributed by atoms with Gasteiger partial charge in [-0.3, -0.25) is 4.79 Å². The third-order valence-electron chi connectivity index (χ3n) is 3.55. The SMILES string of the molecule is CCNC(=O)C(C)(C)CNC(=NCc1cccc(OC)c1)NCC.I. The molecule has 25 heavy (non-hydrogen) atoms. The number of halogens is 1. The second-order valence-corrected chi connectivity index (χ2v) is 6.14. The molecule has 142 valence electrons. The van der Waals surface area contributed by atoms with Crippen LogP contribution in [0.2, 0.25) is 0 Å². The number of nitrogens with one attached hydrogen (secondary N) is 3. The van der Waals surface area contributed by atoms with Crippen molar-refractivity contribution in [2.75, 3.05) is 26.7 Å². The van der Waals surface area contributed by atoms with E-state index in [1.165, 1.54) is 0 Å². The monoisotopic (exact) mass is 462 g/mol. The molecule has 0 spiro atoms. The molecule has 0 unspecified atom stereocenters. The molecule has 1 rings (SSSR count). The Bertz CT molecular complexity index is 562. The van der Waals surface area contributed by atoms with E-state index < -0.39 is 5.41 Å². The molecule has 6 nitrogen and oxygen atoms in total. The third-order valence-corrected chi connectivity index (χ3v) is 3.55. The zero-order valence-electron chi connectivity index (χ0n) is 15.8. The predicted molar refractivity (Wildman–Crippen MR) is 114 cm³/mol. The molecule has 0 aliphatic rings. The zero-order valence-corrected chi connectivity index (χ0v) is 18.1. The molecule has 1 aromatic rings. The van der Waals surface area contributed by atoms with Gasteiger partial charge in [-0.1, -0.05) is 12.1 Å². The Hall–Kier alpha value is -1.51. The lowest BCUT2D eigenvalue weighted by molar-refractivity contribution is -0.128. The number of benzene rings is 1. The van der Waals surface area contributed by atoms with Gasteiger partial charge in [-0.15, -0.1) is 24.0 Å². The van der Waals surface area contributed by atoms with Crippen molar-refractivity contribution in [3.63, 3.8) is 0 Å². The van der Waals surface area contributed by atoms with E-state index >= 15 is 0 Å². The molecule has 0 atom stereocenters. The molecule has 0 bridgehead atoms. The third kappa shape index (κ3) is 8.42. The first-order valence-electron chi connectivity index (χ1n) is 8.36. The highest BCUT2D eigenvalue weighted by atomic mass is 127. The van der Waals surface area contributed by atoms with Crippen LogP contribution in [0.4, 0.5) is 0 Å². The average molecular weight is 462 g/mol. The van der Waals surface area contributed by atoms with Crippen molar-refractivity contribution in [1.29, 1.82) is 0 Å². The molecule has 0 aliphatic heterocycles. The summed E-state index contributed by atoms with van der Waals surface area (Å²) in [4.78, 5) is 16.6. The van der Waals surface area contributed by atoms with Crippen LogP contribution in [-0.2, 0) is 11.3 Å². The molecule has 7 heteroatoms. The Labute approximate surface area is 168 Å². The minimum absolute atomic E-state index is 0. The van der Waals surface area contributed by atoms with E-state index in [-0.39, 0.29) is 29.9 Å². The molecule has 0 heterocycles. The highest BCUT2D eigenvalue weighted by Gasteiger charge is 2.27. The number of guanidine groups is 1. The summed E-state index contributed by atoms with van der Waals surface area (Å²) in [7, 11) is 1.65. The van der Waals surface area contributed by atoms with Gasteiger partial charge in [0.15, 0.2) is 5.96 Å². The van der Waals surface area contributed by atoms with Gasteiger partial charge in [0.25, 0.3) is 0 Å². The number of carbonyl (C=O) groups is 1. The van der Waals surface area contributed by atoms with Crippen molar-refractivity contribution in [1.82, 2.24) is 16.0 Å². The van der Waals surface area contributed by atoms with Crippen LogP contribution in [0, 0.1) is 5.41 Å². The predicted octanol–water partition coefficient (Wildman–Crippen LogP) is 2.53. The Morgan fingerprint density at radius 3 is 2.44 bits per heavy atom. The number of methoxy groups -OCH3 is 1. The van der Waals surface area contributed by atoms with Gasteiger partial charge in [0, 0.05) is 19.6 Å². The van der Waals surface area contributed by atoms with Gasteiger partial charge in [0.1, 0.15) is 5.75 Å². The molecular formula is C18H31IN4O2. The van der Waals surface area contributed by atoms with Crippen LogP contribution < -0.4 is 20.7 Å². The van der Waals surface area contributed by atoms with Gasteiger partial charge in [-0.05, 0) is 45.4 Å². The number of nitrogens with zero attached hydrogens (tertiary/aromatic N) is 1. The molecule has 0 aliphatic carbocycles. The number of hydrogen-bond donors (Lipinski definition) is 3. The van der Waals surface area contributed by atoms with Crippen molar-refractivity contribution >= 4 is 35.8 Å². The van der Waals surface area contributed by atoms with Gasteiger partial charge < -0.3 is 20.7 Å². The maximum Gasteiger partial charge on any atom is 0.227 e. The summed E-state index contributed by atoms with van der Waals surface area (Å²) in [6.07, 6.45) is 0. The number of rotatable bonds is 8. The standard InChI is InChI=1S/C18H30N4O2.HI/c1-6-19-16(23)18(3,4)13-22-17(20-7-2)21-12-14-9-8-10-15(11-14)24-5;/h8-11H,6-7,12-13H2,1-5H3,(H,19,23)(H2,20,21,22);1H. The topological polar surface area (TPSA) is 74.8 Å². The van der Waals surface area contributed by atoms with Crippen molar-refractivity contribution in [2.24, 2.45) is 10.4 Å². The summed E-state index contributed by atoms with van der Waals surface area (Å²) in [5, 5.41) is 9.31. The van der Waals surface area contributed by atoms with Crippen LogP contribution in [0.1, 0.15) is 33.3 Å². The minimum atomic E-state index is -0.512. The smallest absolute Gasteiger partial charge is 0.227 e. The minimum Gasteiger partial charge on any atom is -0.497 e. The van der Waals surface area contributed by atoms with E-state index in [0.29, 0.717) is 25.6 Å². The molecule has 0 saturated carbocycles. The first kappa shape index (κ1) is 23.5. The van der Waals surface area contributed by atoms with E-state index in [9.17, 15) is 4.79 Å². The van der Waals surface area contributed by atoms with E-state index in [1.807, 2.05) is 52.0 Å². The Balaban J connectivity index is 0.00000576. The average Bonchev–Trinajstić information content (AvgIpc) is 2.57. The van der Waals surface area contributed by atoms with E-state index in [1.54, 1.807) is 7.11 Å². The number of aliphatic imine (C=N–C) groups is 1. The van der Waals surface area contributed by atoms with Gasteiger partial charge in [-0.25, -0.2) is 4.99 Å². The first-order chi connectivity index (χ1) is 11.4. The molecule has 1 amide bonds. The summed E-state index contributed by atoms with van der Waals surface area (Å²) in [5.41, 5.74) is 0.553. The maximum absolute atomic E-state index is 12.1. The summed E-state index contributed by atoms with van der Waals surface area (Å²) in [6, 6.07) is 7.83. The fourth-order valence-electron chi connectivity index (χ4n) is 2.07. The summed E-state index contributed by atoms with van der Waals surface area (Å²) < 4.78 is 5.23. The normalized spacial score (nSPS) is 11.3. The fourth-order valence-corrected chi connectivity index (χ4v) is 2.07. The molecule has 0 fully saturated rings. The van der Waals surface area contributed by atoms with Gasteiger partial charge in [0.2, 0.25) is 5.91 Å². The molecule has 3 N–H and O–H groups in total. The molecule has 0 aromatic heterocycles. The largest absolute Gasteiger partial charge is 0.497 e. The lowest BCUT2D eigenvalue weighted by Gasteiger charge is -2.24. The molecule has 1 aromatic carbocycles. The summed E-state index contributed by atoms with van der Waals surface area (Å²) >= 11 is 0. The Morgan fingerprint density at radius 1 is 1.16 bits per heavy atom. The van der Waals surface area contributed by atoms with Crippen LogP contribution >= 0.6 is 24.0 Å². The van der Waals surface area contributed by atoms with Gasteiger partial charge >= 0.3 is 0 Å². The summed E-state index contributed by atoms with van der Waals surface area (Å²) in [5.74, 6) is 1.54. The van der Waals surface area contributed by atoms with E-state index in [2.05, 4.69) is 20.9 Å². The summed E-state index contributed by atoms with van der Waals surface area (Å²) in [6.45, 7) is 10.2. The maximum atomic E-state index is 12.1. The number of ether oxygens (including phenoxy) is 1. The number of carbonyl (C=O) groups excluding carboxylic acids is 1. The van der Waals surface area contributed by atoms with Crippen LogP contribution in [0.25, 0.3) is 0 Å². The van der Waals surface area contributed by atoms with Crippen molar-refractivity contribution in [3.8, 4) is 5.75 Å².